The lowest BCUT2D eigenvalue weighted by molar-refractivity contribution is 0.325. The van der Waals surface area contributed by atoms with Crippen LogP contribution in [0.2, 0.25) is 0 Å². The summed E-state index contributed by atoms with van der Waals surface area (Å²) in [6.45, 7) is 0.930. The zero-order chi connectivity index (χ0) is 11.2. The molecule has 0 saturated heterocycles. The molecule has 0 spiro atoms. The Morgan fingerprint density at radius 3 is 2.38 bits per heavy atom. The summed E-state index contributed by atoms with van der Waals surface area (Å²) < 4.78 is 0. The van der Waals surface area contributed by atoms with E-state index in [9.17, 15) is 0 Å². The molecule has 4 heteroatoms. The van der Waals surface area contributed by atoms with E-state index >= 15 is 0 Å². The third-order valence-electron chi connectivity index (χ3n) is 3.82. The van der Waals surface area contributed by atoms with Crippen molar-refractivity contribution in [3.05, 3.63) is 0 Å². The maximum absolute atomic E-state index is 5.49. The standard InChI is InChI=1S/C12H24N4/c13-16-12(14-9-10-5-4-6-10)15-11-7-2-1-3-8-11/h10-11H,1-9,13H2,(H2,14,15,16). The Balaban J connectivity index is 1.74. The van der Waals surface area contributed by atoms with Crippen molar-refractivity contribution >= 4 is 5.96 Å². The van der Waals surface area contributed by atoms with E-state index in [2.05, 4.69) is 15.7 Å². The molecule has 0 amide bonds. The average Bonchev–Trinajstić information content (AvgIpc) is 2.27. The van der Waals surface area contributed by atoms with Gasteiger partial charge in [0, 0.05) is 12.6 Å². The Morgan fingerprint density at radius 2 is 1.81 bits per heavy atom. The van der Waals surface area contributed by atoms with Crippen LogP contribution in [0.3, 0.4) is 0 Å². The van der Waals surface area contributed by atoms with Crippen molar-refractivity contribution in [1.82, 2.24) is 10.7 Å². The zero-order valence-electron chi connectivity index (χ0n) is 10.0. The van der Waals surface area contributed by atoms with Gasteiger partial charge in [0.1, 0.15) is 0 Å². The topological polar surface area (TPSA) is 62.4 Å². The number of rotatable bonds is 3. The second-order valence-electron chi connectivity index (χ2n) is 5.11. The van der Waals surface area contributed by atoms with E-state index < -0.39 is 0 Å². The first-order valence-corrected chi connectivity index (χ1v) is 6.66. The fraction of sp³-hybridized carbons (Fsp3) is 0.917. The molecule has 0 atom stereocenters. The molecule has 0 aliphatic heterocycles. The monoisotopic (exact) mass is 224 g/mol. The van der Waals surface area contributed by atoms with Crippen LogP contribution in [0.5, 0.6) is 0 Å². The lowest BCUT2D eigenvalue weighted by atomic mass is 9.86. The number of nitrogens with one attached hydrogen (secondary N) is 2. The van der Waals surface area contributed by atoms with Gasteiger partial charge in [-0.2, -0.15) is 0 Å². The Bertz CT molecular complexity index is 229. The van der Waals surface area contributed by atoms with Crippen LogP contribution in [-0.4, -0.2) is 18.5 Å². The second kappa shape index (κ2) is 6.09. The highest BCUT2D eigenvalue weighted by Gasteiger charge is 2.18. The molecule has 2 aliphatic carbocycles. The minimum atomic E-state index is 0.574. The van der Waals surface area contributed by atoms with Crippen molar-refractivity contribution in [1.29, 1.82) is 0 Å². The summed E-state index contributed by atoms with van der Waals surface area (Å²) in [5.41, 5.74) is 2.69. The molecule has 16 heavy (non-hydrogen) atoms. The highest BCUT2D eigenvalue weighted by molar-refractivity contribution is 5.79. The van der Waals surface area contributed by atoms with Crippen LogP contribution >= 0.6 is 0 Å². The number of nitrogens with zero attached hydrogens (tertiary/aromatic N) is 1. The quantitative estimate of drug-likeness (QED) is 0.295. The summed E-state index contributed by atoms with van der Waals surface area (Å²) in [7, 11) is 0. The lowest BCUT2D eigenvalue weighted by Gasteiger charge is -2.26. The molecule has 2 saturated carbocycles. The molecule has 0 bridgehead atoms. The van der Waals surface area contributed by atoms with Gasteiger partial charge in [0.25, 0.3) is 0 Å². The van der Waals surface area contributed by atoms with Crippen molar-refractivity contribution in [3.8, 4) is 0 Å². The van der Waals surface area contributed by atoms with Crippen molar-refractivity contribution in [2.45, 2.75) is 57.4 Å². The van der Waals surface area contributed by atoms with E-state index in [0.29, 0.717) is 6.04 Å². The fourth-order valence-corrected chi connectivity index (χ4v) is 2.47. The molecule has 2 aliphatic rings. The summed E-state index contributed by atoms with van der Waals surface area (Å²) >= 11 is 0. The van der Waals surface area contributed by atoms with E-state index in [0.717, 1.165) is 18.4 Å². The Morgan fingerprint density at radius 1 is 1.06 bits per heavy atom. The first-order valence-electron chi connectivity index (χ1n) is 6.66. The summed E-state index contributed by atoms with van der Waals surface area (Å²) in [6.07, 6.45) is 10.6. The van der Waals surface area contributed by atoms with Gasteiger partial charge < -0.3 is 5.32 Å². The number of hydrogen-bond donors (Lipinski definition) is 3. The largest absolute Gasteiger partial charge is 0.353 e. The van der Waals surface area contributed by atoms with Crippen LogP contribution in [-0.2, 0) is 0 Å². The predicted molar refractivity (Wildman–Crippen MR) is 67.0 cm³/mol. The molecule has 4 nitrogen and oxygen atoms in total. The minimum Gasteiger partial charge on any atom is -0.353 e. The molecule has 2 rings (SSSR count). The molecule has 0 aromatic heterocycles. The lowest BCUT2D eigenvalue weighted by Crippen LogP contribution is -2.47. The molecule has 0 aromatic carbocycles. The van der Waals surface area contributed by atoms with Gasteiger partial charge in [-0.15, -0.1) is 0 Å². The smallest absolute Gasteiger partial charge is 0.205 e. The van der Waals surface area contributed by atoms with Crippen molar-refractivity contribution in [2.24, 2.45) is 16.8 Å². The van der Waals surface area contributed by atoms with E-state index in [1.165, 1.54) is 51.4 Å². The predicted octanol–water partition coefficient (Wildman–Crippen LogP) is 1.53. The second-order valence-corrected chi connectivity index (χ2v) is 5.11. The fourth-order valence-electron chi connectivity index (χ4n) is 2.47. The first-order chi connectivity index (χ1) is 7.88. The first kappa shape index (κ1) is 11.7. The van der Waals surface area contributed by atoms with Crippen LogP contribution in [0.25, 0.3) is 0 Å². The van der Waals surface area contributed by atoms with Crippen LogP contribution < -0.4 is 16.6 Å². The normalized spacial score (nSPS) is 23.9. The van der Waals surface area contributed by atoms with Crippen molar-refractivity contribution < 1.29 is 0 Å². The minimum absolute atomic E-state index is 0.574. The molecule has 0 radical (unpaired) electrons. The molecule has 0 aromatic rings. The molecular formula is C12H24N4. The maximum Gasteiger partial charge on any atom is 0.205 e. The highest BCUT2D eigenvalue weighted by Crippen LogP contribution is 2.26. The molecular weight excluding hydrogens is 200 g/mol. The van der Waals surface area contributed by atoms with Gasteiger partial charge in [0.15, 0.2) is 0 Å². The van der Waals surface area contributed by atoms with Gasteiger partial charge in [-0.25, -0.2) is 5.84 Å². The molecule has 92 valence electrons. The van der Waals surface area contributed by atoms with E-state index in [1.807, 2.05) is 0 Å². The van der Waals surface area contributed by atoms with Gasteiger partial charge in [-0.1, -0.05) is 25.7 Å². The summed E-state index contributed by atoms with van der Waals surface area (Å²) in [4.78, 5) is 4.53. The molecule has 2 fully saturated rings. The van der Waals surface area contributed by atoms with Crippen LogP contribution in [0.1, 0.15) is 51.4 Å². The highest BCUT2D eigenvalue weighted by atomic mass is 15.3. The number of hydrazine groups is 1. The number of hydrogen-bond acceptors (Lipinski definition) is 2. The Hall–Kier alpha value is -0.770. The van der Waals surface area contributed by atoms with Crippen molar-refractivity contribution in [3.63, 3.8) is 0 Å². The Kier molecular flexibility index (Phi) is 4.45. The number of aliphatic imine (C=N–C) groups is 1. The van der Waals surface area contributed by atoms with Gasteiger partial charge in [-0.05, 0) is 31.6 Å². The molecule has 0 unspecified atom stereocenters. The third-order valence-corrected chi connectivity index (χ3v) is 3.82. The van der Waals surface area contributed by atoms with Crippen LogP contribution in [0, 0.1) is 5.92 Å². The molecule has 4 N–H and O–H groups in total. The van der Waals surface area contributed by atoms with E-state index in [1.54, 1.807) is 0 Å². The van der Waals surface area contributed by atoms with E-state index in [4.69, 9.17) is 5.84 Å². The summed E-state index contributed by atoms with van der Waals surface area (Å²) in [5, 5.41) is 3.42. The maximum atomic E-state index is 5.49. The van der Waals surface area contributed by atoms with E-state index in [-0.39, 0.29) is 0 Å². The average molecular weight is 224 g/mol. The molecule has 0 heterocycles. The SMILES string of the molecule is NNC(=NCC1CCC1)NC1CCCCC1. The van der Waals surface area contributed by atoms with Gasteiger partial charge in [0.2, 0.25) is 5.96 Å². The Labute approximate surface area is 98.0 Å². The van der Waals surface area contributed by atoms with Gasteiger partial charge in [0.05, 0.1) is 0 Å². The summed E-state index contributed by atoms with van der Waals surface area (Å²) in [5.74, 6) is 7.09. The van der Waals surface area contributed by atoms with Gasteiger partial charge >= 0.3 is 0 Å². The van der Waals surface area contributed by atoms with Crippen LogP contribution in [0.15, 0.2) is 4.99 Å². The zero-order valence-corrected chi connectivity index (χ0v) is 10.0. The third kappa shape index (κ3) is 3.37. The van der Waals surface area contributed by atoms with Crippen molar-refractivity contribution in [2.75, 3.05) is 6.54 Å². The van der Waals surface area contributed by atoms with Gasteiger partial charge in [-0.3, -0.25) is 10.4 Å². The van der Waals surface area contributed by atoms with Crippen LogP contribution in [0.4, 0.5) is 0 Å². The number of guanidine groups is 1. The number of nitrogens with two attached hydrogens (primary N) is 1. The summed E-state index contributed by atoms with van der Waals surface area (Å²) in [6, 6.07) is 0.574.